The van der Waals surface area contributed by atoms with E-state index in [2.05, 4.69) is 52.9 Å². The maximum absolute atomic E-state index is 6.07. The quantitative estimate of drug-likeness (QED) is 0.419. The largest absolute Gasteiger partial charge is 0.315 e. The fourth-order valence-corrected chi connectivity index (χ4v) is 2.77. The van der Waals surface area contributed by atoms with Gasteiger partial charge in [0.2, 0.25) is 0 Å². The van der Waals surface area contributed by atoms with Gasteiger partial charge in [-0.05, 0) is 35.0 Å². The number of benzene rings is 2. The van der Waals surface area contributed by atoms with Gasteiger partial charge >= 0.3 is 0 Å². The zero-order valence-electron chi connectivity index (χ0n) is 9.60. The van der Waals surface area contributed by atoms with E-state index >= 15 is 0 Å². The van der Waals surface area contributed by atoms with Gasteiger partial charge in [-0.2, -0.15) is 0 Å². The average molecular weight is 252 g/mol. The average Bonchev–Trinajstić information content (AvgIpc) is 2.77. The molecule has 0 aliphatic carbocycles. The molecule has 0 saturated heterocycles. The standard InChI is InChI=1S/C16H10ClN/c17-12-6-7-13-9-15-14-4-2-1-3-11(14)5-8-16(15)18(13)10-12/h1-10H. The lowest BCUT2D eigenvalue weighted by Gasteiger charge is -2.00. The molecule has 2 heterocycles. The van der Waals surface area contributed by atoms with Gasteiger partial charge in [0.15, 0.2) is 0 Å². The molecule has 1 nitrogen and oxygen atoms in total. The van der Waals surface area contributed by atoms with Crippen LogP contribution in [0.4, 0.5) is 0 Å². The van der Waals surface area contributed by atoms with Crippen molar-refractivity contribution in [2.24, 2.45) is 0 Å². The Morgan fingerprint density at radius 3 is 2.67 bits per heavy atom. The van der Waals surface area contributed by atoms with Crippen LogP contribution in [0.15, 0.2) is 60.8 Å². The van der Waals surface area contributed by atoms with E-state index in [4.69, 9.17) is 11.6 Å². The van der Waals surface area contributed by atoms with Crippen LogP contribution in [0.25, 0.3) is 27.2 Å². The highest BCUT2D eigenvalue weighted by Gasteiger charge is 2.06. The third-order valence-corrected chi connectivity index (χ3v) is 3.67. The molecule has 86 valence electrons. The molecule has 4 aromatic rings. The zero-order valence-corrected chi connectivity index (χ0v) is 10.4. The molecule has 0 unspecified atom stereocenters. The van der Waals surface area contributed by atoms with Crippen molar-refractivity contribution < 1.29 is 0 Å². The molecule has 2 heteroatoms. The number of halogens is 1. The Bertz CT molecular complexity index is 889. The number of pyridine rings is 1. The molecule has 0 spiro atoms. The minimum absolute atomic E-state index is 0.758. The van der Waals surface area contributed by atoms with Crippen molar-refractivity contribution in [3.05, 3.63) is 65.8 Å². The van der Waals surface area contributed by atoms with Gasteiger partial charge in [0, 0.05) is 17.1 Å². The van der Waals surface area contributed by atoms with Gasteiger partial charge in [-0.1, -0.05) is 41.9 Å². The molecule has 0 amide bonds. The summed E-state index contributed by atoms with van der Waals surface area (Å²) in [5.74, 6) is 0. The Hall–Kier alpha value is -1.99. The van der Waals surface area contributed by atoms with Gasteiger partial charge in [-0.15, -0.1) is 0 Å². The molecule has 0 atom stereocenters. The summed E-state index contributed by atoms with van der Waals surface area (Å²) in [6, 6.07) is 19.0. The van der Waals surface area contributed by atoms with Crippen LogP contribution in [0.1, 0.15) is 0 Å². The topological polar surface area (TPSA) is 4.41 Å². The number of nitrogens with zero attached hydrogens (tertiary/aromatic N) is 1. The molecular weight excluding hydrogens is 242 g/mol. The van der Waals surface area contributed by atoms with Crippen LogP contribution >= 0.6 is 11.6 Å². The second-order valence-corrected chi connectivity index (χ2v) is 4.94. The Kier molecular flexibility index (Phi) is 1.94. The lowest BCUT2D eigenvalue weighted by atomic mass is 10.1. The van der Waals surface area contributed by atoms with Gasteiger partial charge in [0.05, 0.1) is 10.5 Å². The first-order chi connectivity index (χ1) is 8.83. The second-order valence-electron chi connectivity index (χ2n) is 4.51. The highest BCUT2D eigenvalue weighted by molar-refractivity contribution is 6.30. The van der Waals surface area contributed by atoms with Crippen LogP contribution in [0.2, 0.25) is 5.02 Å². The van der Waals surface area contributed by atoms with Crippen LogP contribution in [-0.4, -0.2) is 4.40 Å². The fraction of sp³-hybridized carbons (Fsp3) is 0. The third kappa shape index (κ3) is 1.28. The zero-order chi connectivity index (χ0) is 12.1. The molecule has 0 fully saturated rings. The van der Waals surface area contributed by atoms with Crippen molar-refractivity contribution in [3.63, 3.8) is 0 Å². The minimum Gasteiger partial charge on any atom is -0.315 e. The molecule has 0 radical (unpaired) electrons. The maximum atomic E-state index is 6.07. The lowest BCUT2D eigenvalue weighted by molar-refractivity contribution is 1.25. The molecule has 2 aromatic carbocycles. The van der Waals surface area contributed by atoms with E-state index in [1.807, 2.05) is 12.3 Å². The Balaban J connectivity index is 2.30. The molecule has 0 N–H and O–H groups in total. The predicted molar refractivity (Wildman–Crippen MR) is 77.4 cm³/mol. The van der Waals surface area contributed by atoms with E-state index in [-0.39, 0.29) is 0 Å². The van der Waals surface area contributed by atoms with E-state index in [0.29, 0.717) is 0 Å². The van der Waals surface area contributed by atoms with Crippen LogP contribution in [-0.2, 0) is 0 Å². The number of rotatable bonds is 0. The van der Waals surface area contributed by atoms with Gasteiger partial charge in [-0.3, -0.25) is 0 Å². The number of aromatic nitrogens is 1. The predicted octanol–water partition coefficient (Wildman–Crippen LogP) is 4.90. The van der Waals surface area contributed by atoms with Gasteiger partial charge in [-0.25, -0.2) is 0 Å². The minimum atomic E-state index is 0.758. The monoisotopic (exact) mass is 251 g/mol. The molecular formula is C16H10ClN. The molecule has 0 bridgehead atoms. The maximum Gasteiger partial charge on any atom is 0.0572 e. The highest BCUT2D eigenvalue weighted by Crippen LogP contribution is 2.29. The van der Waals surface area contributed by atoms with Crippen molar-refractivity contribution in [1.29, 1.82) is 0 Å². The van der Waals surface area contributed by atoms with Crippen molar-refractivity contribution >= 4 is 38.8 Å². The normalized spacial score (nSPS) is 11.6. The van der Waals surface area contributed by atoms with Crippen molar-refractivity contribution in [2.75, 3.05) is 0 Å². The summed E-state index contributed by atoms with van der Waals surface area (Å²) < 4.78 is 2.14. The second kappa shape index (κ2) is 3.50. The first-order valence-corrected chi connectivity index (χ1v) is 6.29. The van der Waals surface area contributed by atoms with E-state index in [0.717, 1.165) is 5.02 Å². The van der Waals surface area contributed by atoms with Crippen molar-refractivity contribution in [1.82, 2.24) is 4.40 Å². The van der Waals surface area contributed by atoms with E-state index in [1.54, 1.807) is 0 Å². The van der Waals surface area contributed by atoms with Crippen molar-refractivity contribution in [3.8, 4) is 0 Å². The van der Waals surface area contributed by atoms with E-state index in [1.165, 1.54) is 27.2 Å². The van der Waals surface area contributed by atoms with Crippen LogP contribution in [0.3, 0.4) is 0 Å². The Morgan fingerprint density at radius 2 is 1.72 bits per heavy atom. The van der Waals surface area contributed by atoms with Gasteiger partial charge in [0.1, 0.15) is 0 Å². The Morgan fingerprint density at radius 1 is 0.833 bits per heavy atom. The summed E-state index contributed by atoms with van der Waals surface area (Å²) in [5.41, 5.74) is 2.37. The summed E-state index contributed by atoms with van der Waals surface area (Å²) >= 11 is 6.07. The summed E-state index contributed by atoms with van der Waals surface area (Å²) in [5, 5.41) is 4.59. The van der Waals surface area contributed by atoms with Gasteiger partial charge in [0.25, 0.3) is 0 Å². The first-order valence-electron chi connectivity index (χ1n) is 5.91. The molecule has 0 aliphatic rings. The summed E-state index contributed by atoms with van der Waals surface area (Å²) in [6.45, 7) is 0. The number of fused-ring (bicyclic) bond motifs is 5. The fourth-order valence-electron chi connectivity index (χ4n) is 2.61. The number of hydrogen-bond acceptors (Lipinski definition) is 0. The Labute approximate surface area is 109 Å². The summed E-state index contributed by atoms with van der Waals surface area (Å²) in [6.07, 6.45) is 1.97. The van der Waals surface area contributed by atoms with E-state index < -0.39 is 0 Å². The lowest BCUT2D eigenvalue weighted by Crippen LogP contribution is -1.82. The van der Waals surface area contributed by atoms with Crippen LogP contribution < -0.4 is 0 Å². The molecule has 4 rings (SSSR count). The van der Waals surface area contributed by atoms with E-state index in [9.17, 15) is 0 Å². The van der Waals surface area contributed by atoms with Gasteiger partial charge < -0.3 is 4.40 Å². The van der Waals surface area contributed by atoms with Crippen LogP contribution in [0.5, 0.6) is 0 Å². The highest BCUT2D eigenvalue weighted by atomic mass is 35.5. The number of hydrogen-bond donors (Lipinski definition) is 0. The van der Waals surface area contributed by atoms with Crippen LogP contribution in [0, 0.1) is 0 Å². The smallest absolute Gasteiger partial charge is 0.0572 e. The molecule has 0 saturated carbocycles. The summed E-state index contributed by atoms with van der Waals surface area (Å²) in [4.78, 5) is 0. The molecule has 0 aliphatic heterocycles. The summed E-state index contributed by atoms with van der Waals surface area (Å²) in [7, 11) is 0. The molecule has 2 aromatic heterocycles. The van der Waals surface area contributed by atoms with Crippen molar-refractivity contribution in [2.45, 2.75) is 0 Å². The molecule has 18 heavy (non-hydrogen) atoms. The first kappa shape index (κ1) is 9.98. The third-order valence-electron chi connectivity index (χ3n) is 3.44. The SMILES string of the molecule is Clc1ccc2cc3c4ccccc4ccc3n2c1.